The Kier molecular flexibility index (Phi) is 2.95. The van der Waals surface area contributed by atoms with Gasteiger partial charge in [0, 0.05) is 10.9 Å². The summed E-state index contributed by atoms with van der Waals surface area (Å²) >= 11 is 0. The van der Waals surface area contributed by atoms with Crippen molar-refractivity contribution in [1.29, 1.82) is 0 Å². The first-order chi connectivity index (χ1) is 9.65. The molecular weight excluding hydrogens is 248 g/mol. The van der Waals surface area contributed by atoms with Gasteiger partial charge in [-0.05, 0) is 19.1 Å². The first-order valence-corrected chi connectivity index (χ1v) is 6.42. The van der Waals surface area contributed by atoms with Crippen LogP contribution in [0.1, 0.15) is 21.5 Å². The lowest BCUT2D eigenvalue weighted by atomic mass is 10.0. The number of pyridine rings is 1. The summed E-state index contributed by atoms with van der Waals surface area (Å²) < 4.78 is 0. The zero-order valence-electron chi connectivity index (χ0n) is 11.1. The van der Waals surface area contributed by atoms with Gasteiger partial charge < -0.3 is 5.73 Å². The normalized spacial score (nSPS) is 10.7. The molecule has 0 saturated carbocycles. The van der Waals surface area contributed by atoms with Gasteiger partial charge in [0.2, 0.25) is 0 Å². The van der Waals surface area contributed by atoms with Gasteiger partial charge in [0.1, 0.15) is 5.82 Å². The fourth-order valence-electron chi connectivity index (χ4n) is 2.17. The maximum Gasteiger partial charge on any atom is 0.196 e. The van der Waals surface area contributed by atoms with Crippen molar-refractivity contribution in [1.82, 2.24) is 4.98 Å². The van der Waals surface area contributed by atoms with E-state index in [1.54, 1.807) is 6.07 Å². The number of ketones is 1. The van der Waals surface area contributed by atoms with E-state index in [1.807, 2.05) is 55.5 Å². The number of rotatable bonds is 2. The summed E-state index contributed by atoms with van der Waals surface area (Å²) in [6, 6.07) is 16.9. The molecule has 0 fully saturated rings. The number of hydrogen-bond acceptors (Lipinski definition) is 3. The van der Waals surface area contributed by atoms with Crippen LogP contribution in [0.2, 0.25) is 0 Å². The number of para-hydroxylation sites is 1. The van der Waals surface area contributed by atoms with Crippen LogP contribution in [0.3, 0.4) is 0 Å². The third-order valence-corrected chi connectivity index (χ3v) is 3.31. The highest BCUT2D eigenvalue weighted by Gasteiger charge is 2.14. The number of benzene rings is 2. The van der Waals surface area contributed by atoms with E-state index in [0.717, 1.165) is 16.5 Å². The van der Waals surface area contributed by atoms with Gasteiger partial charge in [0.25, 0.3) is 0 Å². The van der Waals surface area contributed by atoms with Gasteiger partial charge in [-0.25, -0.2) is 4.98 Å². The van der Waals surface area contributed by atoms with Gasteiger partial charge in [-0.1, -0.05) is 48.0 Å². The van der Waals surface area contributed by atoms with Crippen molar-refractivity contribution < 1.29 is 4.79 Å². The first-order valence-electron chi connectivity index (χ1n) is 6.42. The van der Waals surface area contributed by atoms with Crippen molar-refractivity contribution in [2.24, 2.45) is 0 Å². The average molecular weight is 262 g/mol. The topological polar surface area (TPSA) is 56.0 Å². The number of aryl methyl sites for hydroxylation is 1. The van der Waals surface area contributed by atoms with Crippen LogP contribution in [-0.2, 0) is 0 Å². The number of carbonyl (C=O) groups excluding carboxylic acids is 1. The number of fused-ring (bicyclic) bond motifs is 1. The first kappa shape index (κ1) is 12.4. The number of nitrogens with two attached hydrogens (primary N) is 1. The number of hydrogen-bond donors (Lipinski definition) is 1. The second kappa shape index (κ2) is 4.78. The van der Waals surface area contributed by atoms with Crippen LogP contribution in [0, 0.1) is 6.92 Å². The summed E-state index contributed by atoms with van der Waals surface area (Å²) in [5, 5.41) is 0.914. The molecule has 0 aliphatic carbocycles. The van der Waals surface area contributed by atoms with Gasteiger partial charge in [-0.3, -0.25) is 4.79 Å². The Morgan fingerprint density at radius 1 is 1.05 bits per heavy atom. The molecule has 1 heterocycles. The third kappa shape index (κ3) is 2.14. The van der Waals surface area contributed by atoms with Gasteiger partial charge in [-0.15, -0.1) is 0 Å². The smallest absolute Gasteiger partial charge is 0.196 e. The number of nitrogen functional groups attached to an aromatic ring is 1. The van der Waals surface area contributed by atoms with Crippen molar-refractivity contribution in [3.8, 4) is 0 Å². The molecule has 0 bridgehead atoms. The highest BCUT2D eigenvalue weighted by molar-refractivity contribution is 6.13. The predicted octanol–water partition coefficient (Wildman–Crippen LogP) is 3.36. The zero-order chi connectivity index (χ0) is 14.1. The van der Waals surface area contributed by atoms with E-state index < -0.39 is 0 Å². The molecule has 2 N–H and O–H groups in total. The molecule has 20 heavy (non-hydrogen) atoms. The van der Waals surface area contributed by atoms with Crippen LogP contribution in [0.15, 0.2) is 54.6 Å². The van der Waals surface area contributed by atoms with E-state index >= 15 is 0 Å². The van der Waals surface area contributed by atoms with Crippen LogP contribution in [0.4, 0.5) is 5.82 Å². The second-order valence-electron chi connectivity index (χ2n) is 4.81. The molecular formula is C17H14N2O. The Morgan fingerprint density at radius 3 is 2.50 bits per heavy atom. The highest BCUT2D eigenvalue weighted by atomic mass is 16.1. The molecule has 0 aliphatic rings. The van der Waals surface area contributed by atoms with Crippen LogP contribution in [-0.4, -0.2) is 10.8 Å². The SMILES string of the molecule is Cc1ccc(C(=O)c2cc3ccccc3nc2N)cc1. The monoisotopic (exact) mass is 262 g/mol. The minimum Gasteiger partial charge on any atom is -0.383 e. The lowest BCUT2D eigenvalue weighted by Crippen LogP contribution is -2.07. The Bertz CT molecular complexity index is 792. The Hall–Kier alpha value is -2.68. The van der Waals surface area contributed by atoms with Crippen molar-refractivity contribution in [3.63, 3.8) is 0 Å². The van der Waals surface area contributed by atoms with Crippen LogP contribution in [0.25, 0.3) is 10.9 Å². The van der Waals surface area contributed by atoms with E-state index in [2.05, 4.69) is 4.98 Å². The Balaban J connectivity index is 2.11. The molecule has 3 rings (SSSR count). The summed E-state index contributed by atoms with van der Waals surface area (Å²) in [5.74, 6) is 0.176. The lowest BCUT2D eigenvalue weighted by molar-refractivity contribution is 0.103. The third-order valence-electron chi connectivity index (χ3n) is 3.31. The molecule has 98 valence electrons. The predicted molar refractivity (Wildman–Crippen MR) is 80.8 cm³/mol. The molecule has 0 spiro atoms. The average Bonchev–Trinajstić information content (AvgIpc) is 2.46. The lowest BCUT2D eigenvalue weighted by Gasteiger charge is -2.07. The summed E-state index contributed by atoms with van der Waals surface area (Å²) in [6.07, 6.45) is 0. The molecule has 3 nitrogen and oxygen atoms in total. The van der Waals surface area contributed by atoms with E-state index in [1.165, 1.54) is 0 Å². The molecule has 0 unspecified atom stereocenters. The fourth-order valence-corrected chi connectivity index (χ4v) is 2.17. The quantitative estimate of drug-likeness (QED) is 0.720. The second-order valence-corrected chi connectivity index (χ2v) is 4.81. The summed E-state index contributed by atoms with van der Waals surface area (Å²) in [7, 11) is 0. The molecule has 0 radical (unpaired) electrons. The molecule has 3 aromatic rings. The van der Waals surface area contributed by atoms with E-state index in [0.29, 0.717) is 11.1 Å². The minimum absolute atomic E-state index is 0.0965. The van der Waals surface area contributed by atoms with Crippen molar-refractivity contribution in [2.45, 2.75) is 6.92 Å². The molecule has 0 aliphatic heterocycles. The van der Waals surface area contributed by atoms with Crippen LogP contribution in [0.5, 0.6) is 0 Å². The van der Waals surface area contributed by atoms with Gasteiger partial charge in [0.15, 0.2) is 5.78 Å². The van der Waals surface area contributed by atoms with E-state index in [-0.39, 0.29) is 11.6 Å². The maximum absolute atomic E-state index is 12.5. The summed E-state index contributed by atoms with van der Waals surface area (Å²) in [6.45, 7) is 1.99. The van der Waals surface area contributed by atoms with Crippen molar-refractivity contribution >= 4 is 22.5 Å². The standard InChI is InChI=1S/C17H14N2O/c1-11-6-8-12(9-7-11)16(20)14-10-13-4-2-3-5-15(13)19-17(14)18/h2-10H,1H3,(H2,18,19). The maximum atomic E-state index is 12.5. The van der Waals surface area contributed by atoms with Crippen molar-refractivity contribution in [2.75, 3.05) is 5.73 Å². The number of anilines is 1. The Labute approximate surface area is 117 Å². The molecule has 2 aromatic carbocycles. The molecule has 3 heteroatoms. The molecule has 1 aromatic heterocycles. The molecule has 0 amide bonds. The van der Waals surface area contributed by atoms with Gasteiger partial charge in [-0.2, -0.15) is 0 Å². The summed E-state index contributed by atoms with van der Waals surface area (Å²) in [5.41, 5.74) is 8.91. The molecule has 0 atom stereocenters. The molecule has 0 saturated heterocycles. The largest absolute Gasteiger partial charge is 0.383 e. The number of nitrogens with zero attached hydrogens (tertiary/aromatic N) is 1. The van der Waals surface area contributed by atoms with Gasteiger partial charge in [0.05, 0.1) is 11.1 Å². The van der Waals surface area contributed by atoms with Crippen molar-refractivity contribution in [3.05, 3.63) is 71.3 Å². The number of carbonyl (C=O) groups is 1. The van der Waals surface area contributed by atoms with Crippen LogP contribution < -0.4 is 5.73 Å². The Morgan fingerprint density at radius 2 is 1.75 bits per heavy atom. The van der Waals surface area contributed by atoms with Gasteiger partial charge >= 0.3 is 0 Å². The summed E-state index contributed by atoms with van der Waals surface area (Å²) in [4.78, 5) is 16.8. The highest BCUT2D eigenvalue weighted by Crippen LogP contribution is 2.21. The van der Waals surface area contributed by atoms with E-state index in [4.69, 9.17) is 5.73 Å². The van der Waals surface area contributed by atoms with Crippen LogP contribution >= 0.6 is 0 Å². The van der Waals surface area contributed by atoms with E-state index in [9.17, 15) is 4.79 Å². The zero-order valence-corrected chi connectivity index (χ0v) is 11.1. The fraction of sp³-hybridized carbons (Fsp3) is 0.0588. The number of aromatic nitrogens is 1. The minimum atomic E-state index is -0.0965.